The average molecular weight is 396 g/mol. The van der Waals surface area contributed by atoms with Gasteiger partial charge in [-0.05, 0) is 53.4 Å². The lowest BCUT2D eigenvalue weighted by atomic mass is 9.91. The number of carbonyl (C=O) groups excluding carboxylic acids is 1. The van der Waals surface area contributed by atoms with Crippen LogP contribution in [0.25, 0.3) is 0 Å². The Hall–Kier alpha value is -0.0600. The molecule has 2 rings (SSSR count). The summed E-state index contributed by atoms with van der Waals surface area (Å²) in [7, 11) is 0. The van der Waals surface area contributed by atoms with Crippen molar-refractivity contribution in [3.63, 3.8) is 0 Å². The van der Waals surface area contributed by atoms with Crippen LogP contribution in [0.2, 0.25) is 5.02 Å². The molecule has 98 valence electrons. The molecular formula is C13H14Br2ClNO. The molecule has 1 saturated carbocycles. The second kappa shape index (κ2) is 6.40. The smallest absolute Gasteiger partial charge is 0.255 e. The Bertz CT molecular complexity index is 449. The topological polar surface area (TPSA) is 20.3 Å². The maximum atomic E-state index is 12.6. The van der Waals surface area contributed by atoms with Gasteiger partial charge in [-0.25, -0.2) is 0 Å². The molecule has 2 nitrogen and oxygen atoms in total. The summed E-state index contributed by atoms with van der Waals surface area (Å²) < 4.78 is 0.802. The molecule has 1 aromatic carbocycles. The number of alkyl halides is 1. The van der Waals surface area contributed by atoms with E-state index in [9.17, 15) is 4.79 Å². The lowest BCUT2D eigenvalue weighted by molar-refractivity contribution is 0.0598. The van der Waals surface area contributed by atoms with Gasteiger partial charge in [0.05, 0.1) is 5.56 Å². The summed E-state index contributed by atoms with van der Waals surface area (Å²) in [6, 6.07) is 5.72. The van der Waals surface area contributed by atoms with Crippen molar-refractivity contribution in [3.8, 4) is 0 Å². The Morgan fingerprint density at radius 3 is 2.72 bits per heavy atom. The zero-order valence-electron chi connectivity index (χ0n) is 9.83. The van der Waals surface area contributed by atoms with Crippen molar-refractivity contribution in [2.45, 2.75) is 25.3 Å². The fraction of sp³-hybridized carbons (Fsp3) is 0.462. The van der Waals surface area contributed by atoms with Crippen LogP contribution in [0.3, 0.4) is 0 Å². The van der Waals surface area contributed by atoms with Gasteiger partial charge >= 0.3 is 0 Å². The van der Waals surface area contributed by atoms with Gasteiger partial charge in [-0.3, -0.25) is 4.79 Å². The number of amides is 1. The van der Waals surface area contributed by atoms with E-state index in [1.807, 2.05) is 11.0 Å². The van der Waals surface area contributed by atoms with Crippen molar-refractivity contribution < 1.29 is 4.79 Å². The van der Waals surface area contributed by atoms with Crippen molar-refractivity contribution in [2.24, 2.45) is 0 Å². The normalized spacial score (nSPS) is 15.3. The second-order valence-corrected chi connectivity index (χ2v) is 6.48. The number of halogens is 3. The van der Waals surface area contributed by atoms with Crippen LogP contribution in [0, 0.1) is 0 Å². The van der Waals surface area contributed by atoms with Gasteiger partial charge in [0, 0.05) is 27.4 Å². The van der Waals surface area contributed by atoms with Gasteiger partial charge in [0.1, 0.15) is 0 Å². The summed E-state index contributed by atoms with van der Waals surface area (Å²) in [6.07, 6.45) is 3.43. The van der Waals surface area contributed by atoms with Crippen LogP contribution in [0.1, 0.15) is 29.6 Å². The Labute approximate surface area is 129 Å². The van der Waals surface area contributed by atoms with E-state index in [4.69, 9.17) is 11.6 Å². The zero-order valence-corrected chi connectivity index (χ0v) is 13.8. The van der Waals surface area contributed by atoms with E-state index in [1.165, 1.54) is 6.42 Å². The molecule has 0 bridgehead atoms. The first-order valence-corrected chi connectivity index (χ1v) is 8.24. The van der Waals surface area contributed by atoms with Gasteiger partial charge in [-0.15, -0.1) is 0 Å². The van der Waals surface area contributed by atoms with Crippen LogP contribution >= 0.6 is 43.5 Å². The monoisotopic (exact) mass is 393 g/mol. The van der Waals surface area contributed by atoms with E-state index < -0.39 is 0 Å². The minimum Gasteiger partial charge on any atom is -0.335 e. The van der Waals surface area contributed by atoms with E-state index >= 15 is 0 Å². The highest BCUT2D eigenvalue weighted by atomic mass is 79.9. The minimum atomic E-state index is 0.0634. The first-order chi connectivity index (χ1) is 8.63. The Kier molecular flexibility index (Phi) is 5.10. The fourth-order valence-electron chi connectivity index (χ4n) is 2.06. The van der Waals surface area contributed by atoms with E-state index in [0.29, 0.717) is 16.6 Å². The summed E-state index contributed by atoms with van der Waals surface area (Å²) in [5.41, 5.74) is 0.648. The molecule has 0 heterocycles. The fourth-order valence-corrected chi connectivity index (χ4v) is 3.03. The van der Waals surface area contributed by atoms with Crippen LogP contribution in [0.5, 0.6) is 0 Å². The third-order valence-electron chi connectivity index (χ3n) is 3.26. The highest BCUT2D eigenvalue weighted by Gasteiger charge is 2.29. The van der Waals surface area contributed by atoms with Crippen LogP contribution in [-0.4, -0.2) is 28.7 Å². The molecule has 0 unspecified atom stereocenters. The third kappa shape index (κ3) is 3.09. The van der Waals surface area contributed by atoms with Gasteiger partial charge in [0.25, 0.3) is 5.91 Å². The molecule has 1 aromatic rings. The summed E-state index contributed by atoms with van der Waals surface area (Å²) in [5, 5.41) is 1.39. The number of benzene rings is 1. The quantitative estimate of drug-likeness (QED) is 0.688. The highest BCUT2D eigenvalue weighted by molar-refractivity contribution is 9.10. The molecule has 0 spiro atoms. The van der Waals surface area contributed by atoms with E-state index in [-0.39, 0.29) is 5.91 Å². The van der Waals surface area contributed by atoms with Crippen LogP contribution in [0.4, 0.5) is 0 Å². The summed E-state index contributed by atoms with van der Waals surface area (Å²) in [4.78, 5) is 14.5. The predicted molar refractivity (Wildman–Crippen MR) is 81.6 cm³/mol. The molecule has 18 heavy (non-hydrogen) atoms. The molecule has 1 aliphatic rings. The lowest BCUT2D eigenvalue weighted by Gasteiger charge is -2.37. The van der Waals surface area contributed by atoms with Crippen molar-refractivity contribution in [3.05, 3.63) is 33.3 Å². The van der Waals surface area contributed by atoms with E-state index in [0.717, 1.165) is 29.2 Å². The third-order valence-corrected chi connectivity index (χ3v) is 4.54. The first-order valence-electron chi connectivity index (χ1n) is 5.95. The lowest BCUT2D eigenvalue weighted by Crippen LogP contribution is -2.45. The van der Waals surface area contributed by atoms with Gasteiger partial charge in [0.2, 0.25) is 0 Å². The van der Waals surface area contributed by atoms with Crippen LogP contribution in [0.15, 0.2) is 22.7 Å². The molecule has 0 saturated heterocycles. The first kappa shape index (κ1) is 14.4. The number of hydrogen-bond acceptors (Lipinski definition) is 1. The SMILES string of the molecule is O=C(c1cc(Cl)ccc1Br)N(CCBr)C1CCC1. The largest absolute Gasteiger partial charge is 0.335 e. The van der Waals surface area contributed by atoms with Gasteiger partial charge in [0.15, 0.2) is 0 Å². The Morgan fingerprint density at radius 2 is 2.17 bits per heavy atom. The number of carbonyl (C=O) groups is 1. The summed E-state index contributed by atoms with van der Waals surface area (Å²) in [6.45, 7) is 0.739. The molecule has 0 N–H and O–H groups in total. The van der Waals surface area contributed by atoms with Crippen molar-refractivity contribution in [2.75, 3.05) is 11.9 Å². The van der Waals surface area contributed by atoms with Gasteiger partial charge in [-0.2, -0.15) is 0 Å². The molecule has 0 radical (unpaired) electrons. The molecule has 1 fully saturated rings. The maximum Gasteiger partial charge on any atom is 0.255 e. The van der Waals surface area contributed by atoms with Crippen molar-refractivity contribution in [1.82, 2.24) is 4.90 Å². The molecule has 0 aliphatic heterocycles. The highest BCUT2D eigenvalue weighted by Crippen LogP contribution is 2.29. The average Bonchev–Trinajstić information content (AvgIpc) is 2.28. The molecule has 5 heteroatoms. The van der Waals surface area contributed by atoms with Crippen molar-refractivity contribution in [1.29, 1.82) is 0 Å². The number of hydrogen-bond donors (Lipinski definition) is 0. The maximum absolute atomic E-state index is 12.6. The van der Waals surface area contributed by atoms with Gasteiger partial charge in [-0.1, -0.05) is 27.5 Å². The summed E-state index contributed by atoms with van der Waals surface area (Å²) >= 11 is 12.8. The number of rotatable bonds is 4. The Balaban J connectivity index is 2.23. The van der Waals surface area contributed by atoms with Crippen molar-refractivity contribution >= 4 is 49.4 Å². The number of nitrogens with zero attached hydrogens (tertiary/aromatic N) is 1. The molecule has 1 aliphatic carbocycles. The van der Waals surface area contributed by atoms with Gasteiger partial charge < -0.3 is 4.90 Å². The second-order valence-electron chi connectivity index (χ2n) is 4.40. The molecule has 0 atom stereocenters. The zero-order chi connectivity index (χ0) is 13.1. The predicted octanol–water partition coefficient (Wildman–Crippen LogP) is 4.49. The molecular weight excluding hydrogens is 381 g/mol. The molecule has 1 amide bonds. The van der Waals surface area contributed by atoms with Crippen LogP contribution < -0.4 is 0 Å². The standard InChI is InChI=1S/C13H14Br2ClNO/c14-6-7-17(10-2-1-3-10)13(18)11-8-9(16)4-5-12(11)15/h4-5,8,10H,1-3,6-7H2. The minimum absolute atomic E-state index is 0.0634. The van der Waals surface area contributed by atoms with E-state index in [2.05, 4.69) is 31.9 Å². The Morgan fingerprint density at radius 1 is 1.44 bits per heavy atom. The molecule has 0 aromatic heterocycles. The van der Waals surface area contributed by atoms with Crippen LogP contribution in [-0.2, 0) is 0 Å². The summed E-state index contributed by atoms with van der Waals surface area (Å²) in [5.74, 6) is 0.0634. The van der Waals surface area contributed by atoms with E-state index in [1.54, 1.807) is 12.1 Å².